The average Bonchev–Trinajstić information content (AvgIpc) is 3.36. The summed E-state index contributed by atoms with van der Waals surface area (Å²) in [5.74, 6) is 0. The molecule has 0 heterocycles. The SMILES string of the molecule is N#Cc1ccc2c(c1-c1c(C#N)ccc3c1Cc1ccccc1-3)Cc1ccccc1-2. The van der Waals surface area contributed by atoms with Crippen LogP contribution < -0.4 is 0 Å². The van der Waals surface area contributed by atoms with Crippen molar-refractivity contribution in [1.29, 1.82) is 10.5 Å². The maximum Gasteiger partial charge on any atom is 0.0998 e. The van der Waals surface area contributed by atoms with Gasteiger partial charge < -0.3 is 0 Å². The van der Waals surface area contributed by atoms with Gasteiger partial charge in [0.2, 0.25) is 0 Å². The Kier molecular flexibility index (Phi) is 3.46. The zero-order valence-electron chi connectivity index (χ0n) is 16.2. The Hall–Kier alpha value is -4.14. The lowest BCUT2D eigenvalue weighted by molar-refractivity contribution is 1.23. The molecule has 6 rings (SSSR count). The van der Waals surface area contributed by atoms with Crippen LogP contribution >= 0.6 is 0 Å². The fourth-order valence-electron chi connectivity index (χ4n) is 5.18. The Balaban J connectivity index is 1.69. The zero-order chi connectivity index (χ0) is 20.2. The van der Waals surface area contributed by atoms with Gasteiger partial charge in [-0.3, -0.25) is 0 Å². The van der Waals surface area contributed by atoms with Gasteiger partial charge in [0.15, 0.2) is 0 Å². The third kappa shape index (κ3) is 2.17. The average molecular weight is 380 g/mol. The second-order valence-corrected chi connectivity index (χ2v) is 7.92. The van der Waals surface area contributed by atoms with Crippen molar-refractivity contribution in [3.8, 4) is 45.5 Å². The van der Waals surface area contributed by atoms with Gasteiger partial charge in [0.25, 0.3) is 0 Å². The number of benzene rings is 4. The Morgan fingerprint density at radius 3 is 1.37 bits per heavy atom. The number of nitrogens with zero attached hydrogens (tertiary/aromatic N) is 2. The molecule has 4 aromatic rings. The smallest absolute Gasteiger partial charge is 0.0998 e. The Bertz CT molecular complexity index is 1350. The molecule has 0 N–H and O–H groups in total. The van der Waals surface area contributed by atoms with Crippen LogP contribution in [-0.4, -0.2) is 0 Å². The van der Waals surface area contributed by atoms with Crippen LogP contribution in [0.4, 0.5) is 0 Å². The molecule has 0 saturated heterocycles. The lowest BCUT2D eigenvalue weighted by Gasteiger charge is -2.17. The van der Waals surface area contributed by atoms with Crippen molar-refractivity contribution in [3.05, 3.63) is 106 Å². The first-order valence-electron chi connectivity index (χ1n) is 10.1. The minimum atomic E-state index is 0.641. The Morgan fingerprint density at radius 2 is 0.933 bits per heavy atom. The molecule has 0 fully saturated rings. The molecule has 0 bridgehead atoms. The van der Waals surface area contributed by atoms with E-state index in [0.29, 0.717) is 11.1 Å². The van der Waals surface area contributed by atoms with Crippen LogP contribution in [0.2, 0.25) is 0 Å². The first-order valence-corrected chi connectivity index (χ1v) is 10.1. The summed E-state index contributed by atoms with van der Waals surface area (Å²) < 4.78 is 0. The maximum absolute atomic E-state index is 9.98. The van der Waals surface area contributed by atoms with Crippen molar-refractivity contribution < 1.29 is 0 Å². The highest BCUT2D eigenvalue weighted by molar-refractivity contribution is 5.94. The number of hydrogen-bond donors (Lipinski definition) is 0. The van der Waals surface area contributed by atoms with Crippen molar-refractivity contribution in [2.75, 3.05) is 0 Å². The number of nitriles is 2. The molecule has 2 aliphatic rings. The summed E-state index contributed by atoms with van der Waals surface area (Å²) >= 11 is 0. The summed E-state index contributed by atoms with van der Waals surface area (Å²) in [4.78, 5) is 0. The second kappa shape index (κ2) is 6.18. The Labute approximate surface area is 175 Å². The molecule has 0 unspecified atom stereocenters. The fourth-order valence-corrected chi connectivity index (χ4v) is 5.18. The zero-order valence-corrected chi connectivity index (χ0v) is 16.2. The third-order valence-electron chi connectivity index (χ3n) is 6.47. The molecular weight excluding hydrogens is 364 g/mol. The molecule has 138 valence electrons. The van der Waals surface area contributed by atoms with Gasteiger partial charge in [-0.25, -0.2) is 0 Å². The molecule has 0 aliphatic heterocycles. The van der Waals surface area contributed by atoms with Crippen LogP contribution in [0.5, 0.6) is 0 Å². The molecule has 0 amide bonds. The summed E-state index contributed by atoms with van der Waals surface area (Å²) in [6.07, 6.45) is 1.58. The van der Waals surface area contributed by atoms with Crippen molar-refractivity contribution in [1.82, 2.24) is 0 Å². The molecule has 0 atom stereocenters. The molecule has 2 heteroatoms. The molecule has 0 saturated carbocycles. The number of fused-ring (bicyclic) bond motifs is 6. The molecule has 2 nitrogen and oxygen atoms in total. The van der Waals surface area contributed by atoms with Crippen molar-refractivity contribution in [2.45, 2.75) is 12.8 Å². The lowest BCUT2D eigenvalue weighted by atomic mass is 9.85. The minimum Gasteiger partial charge on any atom is -0.192 e. The highest BCUT2D eigenvalue weighted by Crippen LogP contribution is 2.48. The predicted molar refractivity (Wildman–Crippen MR) is 118 cm³/mol. The molecule has 0 aromatic heterocycles. The van der Waals surface area contributed by atoms with Crippen LogP contribution in [0.15, 0.2) is 72.8 Å². The molecule has 0 spiro atoms. The van der Waals surface area contributed by atoms with Gasteiger partial charge in [0.1, 0.15) is 0 Å². The summed E-state index contributed by atoms with van der Waals surface area (Å²) in [5.41, 5.74) is 12.8. The second-order valence-electron chi connectivity index (χ2n) is 7.92. The predicted octanol–water partition coefficient (Wildman–Crippen LogP) is 6.24. The van der Waals surface area contributed by atoms with E-state index in [0.717, 1.165) is 35.1 Å². The van der Waals surface area contributed by atoms with Gasteiger partial charge >= 0.3 is 0 Å². The van der Waals surface area contributed by atoms with E-state index in [1.165, 1.54) is 33.4 Å². The van der Waals surface area contributed by atoms with Crippen molar-refractivity contribution in [3.63, 3.8) is 0 Å². The maximum atomic E-state index is 9.98. The highest BCUT2D eigenvalue weighted by atomic mass is 14.3. The van der Waals surface area contributed by atoms with Crippen LogP contribution in [0, 0.1) is 22.7 Å². The van der Waals surface area contributed by atoms with E-state index in [1.807, 2.05) is 12.1 Å². The molecule has 2 aliphatic carbocycles. The van der Waals surface area contributed by atoms with Crippen LogP contribution in [-0.2, 0) is 12.8 Å². The first-order chi connectivity index (χ1) is 14.8. The first kappa shape index (κ1) is 16.8. The fraction of sp³-hybridized carbons (Fsp3) is 0.0714. The monoisotopic (exact) mass is 380 g/mol. The number of rotatable bonds is 1. The van der Waals surface area contributed by atoms with Gasteiger partial charge in [0.05, 0.1) is 23.3 Å². The largest absolute Gasteiger partial charge is 0.192 e. The van der Waals surface area contributed by atoms with Crippen LogP contribution in [0.3, 0.4) is 0 Å². The highest BCUT2D eigenvalue weighted by Gasteiger charge is 2.29. The van der Waals surface area contributed by atoms with Gasteiger partial charge in [-0.05, 0) is 69.5 Å². The lowest BCUT2D eigenvalue weighted by Crippen LogP contribution is -1.99. The van der Waals surface area contributed by atoms with E-state index in [2.05, 4.69) is 72.8 Å². The van der Waals surface area contributed by atoms with E-state index in [1.54, 1.807) is 0 Å². The van der Waals surface area contributed by atoms with E-state index in [4.69, 9.17) is 0 Å². The molecule has 0 radical (unpaired) electrons. The van der Waals surface area contributed by atoms with Gasteiger partial charge in [0, 0.05) is 11.1 Å². The summed E-state index contributed by atoms with van der Waals surface area (Å²) in [7, 11) is 0. The Morgan fingerprint density at radius 1 is 0.500 bits per heavy atom. The van der Waals surface area contributed by atoms with Crippen molar-refractivity contribution >= 4 is 0 Å². The quantitative estimate of drug-likeness (QED) is 0.339. The van der Waals surface area contributed by atoms with Crippen LogP contribution in [0.25, 0.3) is 33.4 Å². The van der Waals surface area contributed by atoms with Gasteiger partial charge in [-0.2, -0.15) is 10.5 Å². The topological polar surface area (TPSA) is 47.6 Å². The summed E-state index contributed by atoms with van der Waals surface area (Å²) in [5, 5.41) is 20.0. The third-order valence-corrected chi connectivity index (χ3v) is 6.47. The molecule has 30 heavy (non-hydrogen) atoms. The van der Waals surface area contributed by atoms with Gasteiger partial charge in [-0.1, -0.05) is 60.7 Å². The van der Waals surface area contributed by atoms with Gasteiger partial charge in [-0.15, -0.1) is 0 Å². The normalized spacial score (nSPS) is 12.3. The molecular formula is C28H16N2. The molecule has 4 aromatic carbocycles. The minimum absolute atomic E-state index is 0.641. The summed E-state index contributed by atoms with van der Waals surface area (Å²) in [6.45, 7) is 0. The number of hydrogen-bond acceptors (Lipinski definition) is 2. The van der Waals surface area contributed by atoms with E-state index in [-0.39, 0.29) is 0 Å². The van der Waals surface area contributed by atoms with Crippen molar-refractivity contribution in [2.24, 2.45) is 0 Å². The van der Waals surface area contributed by atoms with E-state index in [9.17, 15) is 10.5 Å². The van der Waals surface area contributed by atoms with Crippen LogP contribution in [0.1, 0.15) is 33.4 Å². The summed E-state index contributed by atoms with van der Waals surface area (Å²) in [6, 6.07) is 29.6. The van der Waals surface area contributed by atoms with E-state index >= 15 is 0 Å². The van der Waals surface area contributed by atoms with E-state index < -0.39 is 0 Å². The standard InChI is InChI=1S/C28H16N2/c29-15-19-9-11-23-21-7-3-1-5-17(21)13-25(23)27(19)28-20(16-30)10-12-24-22-8-4-2-6-18(22)14-26(24)28/h1-12H,13-14H2.